The summed E-state index contributed by atoms with van der Waals surface area (Å²) in [5.74, 6) is 0.262. The first-order valence-corrected chi connectivity index (χ1v) is 8.04. The maximum Gasteiger partial charge on any atom is 0.408 e. The third-order valence-corrected chi connectivity index (χ3v) is 3.77. The van der Waals surface area contributed by atoms with Crippen LogP contribution in [0.15, 0.2) is 30.5 Å². The fourth-order valence-corrected chi connectivity index (χ4v) is 2.69. The van der Waals surface area contributed by atoms with Crippen molar-refractivity contribution >= 4 is 28.6 Å². The molecule has 1 aliphatic heterocycles. The van der Waals surface area contributed by atoms with Crippen molar-refractivity contribution in [2.24, 2.45) is 0 Å². The van der Waals surface area contributed by atoms with Crippen LogP contribution in [0.25, 0.3) is 10.9 Å². The van der Waals surface area contributed by atoms with Gasteiger partial charge in [-0.2, -0.15) is 0 Å². The Bertz CT molecular complexity index is 829. The predicted octanol–water partition coefficient (Wildman–Crippen LogP) is 2.48. The predicted molar refractivity (Wildman–Crippen MR) is 93.8 cm³/mol. The Morgan fingerprint density at radius 2 is 2.12 bits per heavy atom. The molecular formula is C18H21N3O4. The molecule has 0 radical (unpaired) electrons. The monoisotopic (exact) mass is 343 g/mol. The zero-order valence-corrected chi connectivity index (χ0v) is 14.7. The molecule has 0 spiro atoms. The summed E-state index contributed by atoms with van der Waals surface area (Å²) in [5, 5.41) is 3.49. The van der Waals surface area contributed by atoms with E-state index in [1.807, 2.05) is 18.2 Å². The van der Waals surface area contributed by atoms with E-state index in [4.69, 9.17) is 9.47 Å². The zero-order valence-electron chi connectivity index (χ0n) is 14.7. The molecule has 1 atom stereocenters. The Morgan fingerprint density at radius 3 is 2.84 bits per heavy atom. The number of anilines is 1. The van der Waals surface area contributed by atoms with Gasteiger partial charge in [0.25, 0.3) is 5.91 Å². The highest BCUT2D eigenvalue weighted by molar-refractivity contribution is 6.07. The molecule has 7 nitrogen and oxygen atoms in total. The molecule has 1 aliphatic rings. The number of nitrogens with zero attached hydrogens (tertiary/aromatic N) is 2. The maximum atomic E-state index is 12.8. The molecule has 0 saturated heterocycles. The molecule has 0 bridgehead atoms. The zero-order chi connectivity index (χ0) is 18.2. The maximum absolute atomic E-state index is 12.8. The number of benzene rings is 1. The number of aromatic nitrogens is 1. The standard InChI is InChI=1S/C18H21N3O4/c1-18(2,3)25-17(23)20-12-10-24-13-8-7-11-6-5-9-19-14(11)15(13)21(4)16(12)22/h5-9,12H,10H2,1-4H3,(H,20,23). The molecule has 0 aliphatic carbocycles. The minimum absolute atomic E-state index is 0.0216. The highest BCUT2D eigenvalue weighted by Crippen LogP contribution is 2.36. The number of alkyl carbamates (subject to hydrolysis) is 1. The third kappa shape index (κ3) is 3.50. The molecular weight excluding hydrogens is 322 g/mol. The van der Waals surface area contributed by atoms with E-state index in [9.17, 15) is 9.59 Å². The molecule has 0 saturated carbocycles. The van der Waals surface area contributed by atoms with Crippen LogP contribution < -0.4 is 15.0 Å². The summed E-state index contributed by atoms with van der Waals surface area (Å²) >= 11 is 0. The first kappa shape index (κ1) is 17.0. The molecule has 132 valence electrons. The van der Waals surface area contributed by atoms with E-state index in [2.05, 4.69) is 10.3 Å². The van der Waals surface area contributed by atoms with Crippen LogP contribution in [0.1, 0.15) is 20.8 Å². The van der Waals surface area contributed by atoms with E-state index in [0.29, 0.717) is 17.0 Å². The topological polar surface area (TPSA) is 80.8 Å². The van der Waals surface area contributed by atoms with Crippen molar-refractivity contribution in [2.75, 3.05) is 18.6 Å². The Balaban J connectivity index is 1.89. The molecule has 2 heterocycles. The summed E-state index contributed by atoms with van der Waals surface area (Å²) in [7, 11) is 1.65. The van der Waals surface area contributed by atoms with Crippen molar-refractivity contribution in [3.8, 4) is 5.75 Å². The summed E-state index contributed by atoms with van der Waals surface area (Å²) < 4.78 is 11.0. The second-order valence-corrected chi connectivity index (χ2v) is 6.89. The quantitative estimate of drug-likeness (QED) is 0.860. The molecule has 2 aromatic rings. The Kier molecular flexibility index (Phi) is 4.24. The van der Waals surface area contributed by atoms with Gasteiger partial charge in [0, 0.05) is 18.6 Å². The van der Waals surface area contributed by atoms with Gasteiger partial charge in [-0.15, -0.1) is 0 Å². The molecule has 7 heteroatoms. The van der Waals surface area contributed by atoms with Crippen molar-refractivity contribution in [3.05, 3.63) is 30.5 Å². The summed E-state index contributed by atoms with van der Waals surface area (Å²) in [5.41, 5.74) is 0.624. The number of rotatable bonds is 1. The lowest BCUT2D eigenvalue weighted by Gasteiger charge is -2.24. The lowest BCUT2D eigenvalue weighted by molar-refractivity contribution is -0.120. The van der Waals surface area contributed by atoms with Crippen molar-refractivity contribution in [1.29, 1.82) is 0 Å². The van der Waals surface area contributed by atoms with Gasteiger partial charge in [-0.3, -0.25) is 9.78 Å². The summed E-state index contributed by atoms with van der Waals surface area (Å²) in [6.07, 6.45) is 1.01. The van der Waals surface area contributed by atoms with Crippen molar-refractivity contribution in [3.63, 3.8) is 0 Å². The normalized spacial score (nSPS) is 17.5. The molecule has 1 N–H and O–H groups in total. The molecule has 3 rings (SSSR count). The van der Waals surface area contributed by atoms with Crippen LogP contribution in [0.4, 0.5) is 10.5 Å². The van der Waals surface area contributed by atoms with Crippen molar-refractivity contribution < 1.29 is 19.1 Å². The average Bonchev–Trinajstić information content (AvgIpc) is 2.65. The first-order chi connectivity index (χ1) is 11.8. The van der Waals surface area contributed by atoms with Crippen molar-refractivity contribution in [1.82, 2.24) is 10.3 Å². The van der Waals surface area contributed by atoms with Crippen LogP contribution in [0.2, 0.25) is 0 Å². The molecule has 25 heavy (non-hydrogen) atoms. The highest BCUT2D eigenvalue weighted by Gasteiger charge is 2.33. The van der Waals surface area contributed by atoms with Gasteiger partial charge >= 0.3 is 6.09 Å². The molecule has 0 fully saturated rings. The number of pyridine rings is 1. The molecule has 1 aromatic carbocycles. The van der Waals surface area contributed by atoms with Crippen LogP contribution in [0.3, 0.4) is 0 Å². The van der Waals surface area contributed by atoms with Crippen LogP contribution in [0, 0.1) is 0 Å². The number of carbonyl (C=O) groups excluding carboxylic acids is 2. The number of hydrogen-bond donors (Lipinski definition) is 1. The largest absolute Gasteiger partial charge is 0.489 e. The SMILES string of the molecule is CN1C(=O)C(NC(=O)OC(C)(C)C)COc2ccc3cccnc3c21. The lowest BCUT2D eigenvalue weighted by atomic mass is 10.1. The smallest absolute Gasteiger partial charge is 0.408 e. The van der Waals surface area contributed by atoms with E-state index in [1.165, 1.54) is 4.90 Å². The fraction of sp³-hybridized carbons (Fsp3) is 0.389. The van der Waals surface area contributed by atoms with Gasteiger partial charge in [-0.25, -0.2) is 4.79 Å². The molecule has 1 unspecified atom stereocenters. The molecule has 2 amide bonds. The van der Waals surface area contributed by atoms with Crippen LogP contribution in [-0.4, -0.2) is 42.3 Å². The Labute approximate surface area is 145 Å². The fourth-order valence-electron chi connectivity index (χ4n) is 2.69. The number of likely N-dealkylation sites (N-methyl/N-ethyl adjacent to an activating group) is 1. The van der Waals surface area contributed by atoms with E-state index < -0.39 is 17.7 Å². The number of amides is 2. The van der Waals surface area contributed by atoms with Crippen molar-refractivity contribution in [2.45, 2.75) is 32.4 Å². The summed E-state index contributed by atoms with van der Waals surface area (Å²) in [6, 6.07) is 6.61. The Morgan fingerprint density at radius 1 is 1.36 bits per heavy atom. The second kappa shape index (κ2) is 6.23. The number of hydrogen-bond acceptors (Lipinski definition) is 5. The number of ether oxygens (including phenoxy) is 2. The van der Waals surface area contributed by atoms with E-state index in [-0.39, 0.29) is 12.5 Å². The van der Waals surface area contributed by atoms with Crippen LogP contribution >= 0.6 is 0 Å². The number of carbonyl (C=O) groups is 2. The minimum atomic E-state index is -0.842. The highest BCUT2D eigenvalue weighted by atomic mass is 16.6. The first-order valence-electron chi connectivity index (χ1n) is 8.04. The summed E-state index contributed by atoms with van der Waals surface area (Å²) in [4.78, 5) is 30.6. The van der Waals surface area contributed by atoms with E-state index >= 15 is 0 Å². The van der Waals surface area contributed by atoms with Gasteiger partial charge in [0.1, 0.15) is 29.7 Å². The average molecular weight is 343 g/mol. The van der Waals surface area contributed by atoms with Crippen LogP contribution in [0.5, 0.6) is 5.75 Å². The molecule has 1 aromatic heterocycles. The van der Waals surface area contributed by atoms with Gasteiger partial charge in [-0.1, -0.05) is 6.07 Å². The van der Waals surface area contributed by atoms with E-state index in [1.54, 1.807) is 40.1 Å². The van der Waals surface area contributed by atoms with Gasteiger partial charge in [-0.05, 0) is 39.0 Å². The van der Waals surface area contributed by atoms with Gasteiger partial charge in [0.2, 0.25) is 0 Å². The summed E-state index contributed by atoms with van der Waals surface area (Å²) in [6.45, 7) is 5.31. The van der Waals surface area contributed by atoms with Gasteiger partial charge in [0.05, 0.1) is 5.52 Å². The van der Waals surface area contributed by atoms with Gasteiger partial charge < -0.3 is 19.7 Å². The Hall–Kier alpha value is -2.83. The number of fused-ring (bicyclic) bond motifs is 3. The lowest BCUT2D eigenvalue weighted by Crippen LogP contribution is -2.50. The second-order valence-electron chi connectivity index (χ2n) is 6.89. The third-order valence-electron chi connectivity index (χ3n) is 3.77. The van der Waals surface area contributed by atoms with Gasteiger partial charge in [0.15, 0.2) is 0 Å². The number of nitrogens with one attached hydrogen (secondary N) is 1. The van der Waals surface area contributed by atoms with E-state index in [0.717, 1.165) is 5.39 Å². The van der Waals surface area contributed by atoms with Crippen LogP contribution in [-0.2, 0) is 9.53 Å². The minimum Gasteiger partial charge on any atom is -0.489 e.